The first-order valence-corrected chi connectivity index (χ1v) is 9.57. The van der Waals surface area contributed by atoms with Crippen molar-refractivity contribution in [2.75, 3.05) is 26.2 Å². The number of likely N-dealkylation sites (N-methyl/N-ethyl adjacent to an activating group) is 1. The van der Waals surface area contributed by atoms with E-state index < -0.39 is 5.97 Å². The maximum Gasteiger partial charge on any atom is 0.317 e. The molecule has 0 bridgehead atoms. The summed E-state index contributed by atoms with van der Waals surface area (Å²) >= 11 is 0. The molecule has 2 N–H and O–H groups in total. The number of benzene rings is 1. The molecule has 7 heteroatoms. The number of amides is 1. The van der Waals surface area contributed by atoms with Gasteiger partial charge in [-0.1, -0.05) is 19.1 Å². The number of likely N-dealkylation sites (tertiary alicyclic amines) is 1. The monoisotopic (exact) mass is 379 g/mol. The highest BCUT2D eigenvalue weighted by Gasteiger charge is 2.30. The van der Waals surface area contributed by atoms with Crippen LogP contribution in [0.25, 0.3) is 0 Å². The number of aliphatic carboxylic acids is 1. The lowest BCUT2D eigenvalue weighted by Crippen LogP contribution is -2.52. The van der Waals surface area contributed by atoms with E-state index in [0.29, 0.717) is 6.54 Å². The van der Waals surface area contributed by atoms with Gasteiger partial charge in [0.1, 0.15) is 5.82 Å². The zero-order valence-electron chi connectivity index (χ0n) is 16.3. The van der Waals surface area contributed by atoms with Crippen LogP contribution in [-0.2, 0) is 9.59 Å². The first kappa shape index (κ1) is 21.3. The second kappa shape index (κ2) is 9.80. The molecule has 0 radical (unpaired) electrons. The lowest BCUT2D eigenvalue weighted by atomic mass is 10.0. The van der Waals surface area contributed by atoms with Gasteiger partial charge in [-0.05, 0) is 50.9 Å². The molecule has 1 fully saturated rings. The zero-order valence-corrected chi connectivity index (χ0v) is 16.3. The smallest absolute Gasteiger partial charge is 0.317 e. The Balaban J connectivity index is 1.85. The Labute approximate surface area is 160 Å². The highest BCUT2D eigenvalue weighted by molar-refractivity contribution is 5.81. The van der Waals surface area contributed by atoms with Gasteiger partial charge in [-0.2, -0.15) is 0 Å². The summed E-state index contributed by atoms with van der Waals surface area (Å²) in [4.78, 5) is 27.7. The van der Waals surface area contributed by atoms with E-state index in [1.165, 1.54) is 12.1 Å². The average Bonchev–Trinajstić information content (AvgIpc) is 2.66. The van der Waals surface area contributed by atoms with Crippen LogP contribution in [-0.4, -0.2) is 65.0 Å². The van der Waals surface area contributed by atoms with Crippen LogP contribution in [0.2, 0.25) is 0 Å². The lowest BCUT2D eigenvalue weighted by molar-refractivity contribution is -0.139. The molecule has 1 saturated heterocycles. The van der Waals surface area contributed by atoms with Gasteiger partial charge in [0.2, 0.25) is 5.91 Å². The van der Waals surface area contributed by atoms with E-state index in [4.69, 9.17) is 5.11 Å². The summed E-state index contributed by atoms with van der Waals surface area (Å²) in [6.07, 6.45) is 1.71. The molecule has 27 heavy (non-hydrogen) atoms. The first-order valence-electron chi connectivity index (χ1n) is 9.57. The summed E-state index contributed by atoms with van der Waals surface area (Å²) < 4.78 is 13.0. The van der Waals surface area contributed by atoms with Crippen molar-refractivity contribution in [2.45, 2.75) is 51.7 Å². The van der Waals surface area contributed by atoms with E-state index in [2.05, 4.69) is 10.2 Å². The van der Waals surface area contributed by atoms with E-state index in [-0.39, 0.29) is 36.4 Å². The molecular formula is C20H30FN3O3. The highest BCUT2D eigenvalue weighted by atomic mass is 19.1. The van der Waals surface area contributed by atoms with Gasteiger partial charge in [0.25, 0.3) is 0 Å². The molecule has 6 nitrogen and oxygen atoms in total. The fourth-order valence-corrected chi connectivity index (χ4v) is 3.65. The van der Waals surface area contributed by atoms with Crippen molar-refractivity contribution < 1.29 is 19.1 Å². The number of carbonyl (C=O) groups is 2. The third kappa shape index (κ3) is 6.01. The Morgan fingerprint density at radius 3 is 2.37 bits per heavy atom. The summed E-state index contributed by atoms with van der Waals surface area (Å²) in [7, 11) is 0. The van der Waals surface area contributed by atoms with Crippen LogP contribution in [0.4, 0.5) is 4.39 Å². The van der Waals surface area contributed by atoms with Crippen LogP contribution >= 0.6 is 0 Å². The summed E-state index contributed by atoms with van der Waals surface area (Å²) in [5.41, 5.74) is 0.864. The minimum absolute atomic E-state index is 0.0526. The van der Waals surface area contributed by atoms with Gasteiger partial charge in [-0.25, -0.2) is 4.39 Å². The second-order valence-electron chi connectivity index (χ2n) is 7.18. The second-order valence-corrected chi connectivity index (χ2v) is 7.18. The number of hydrogen-bond donors (Lipinski definition) is 2. The minimum atomic E-state index is -0.804. The molecule has 1 aromatic carbocycles. The number of hydrogen-bond acceptors (Lipinski definition) is 4. The standard InChI is InChI=1S/C20H30FN3O3/c1-4-23(13-19(25)26)18-9-11-24(12-10-18)15(3)20(27)22-14(2)16-5-7-17(21)8-6-16/h5-8,14-15,18H,4,9-13H2,1-3H3,(H,22,27)(H,25,26). The fourth-order valence-electron chi connectivity index (χ4n) is 3.65. The Morgan fingerprint density at radius 1 is 1.26 bits per heavy atom. The summed E-state index contributed by atoms with van der Waals surface area (Å²) in [5.74, 6) is -1.15. The van der Waals surface area contributed by atoms with Gasteiger partial charge in [-0.15, -0.1) is 0 Å². The zero-order chi connectivity index (χ0) is 20.0. The SMILES string of the molecule is CCN(CC(=O)O)C1CCN(C(C)C(=O)NC(C)c2ccc(F)cc2)CC1. The van der Waals surface area contributed by atoms with E-state index in [9.17, 15) is 14.0 Å². The van der Waals surface area contributed by atoms with Crippen LogP contribution in [0, 0.1) is 5.82 Å². The number of halogens is 1. The number of carboxylic acid groups (broad SMARTS) is 1. The van der Waals surface area contributed by atoms with Crippen molar-refractivity contribution in [1.29, 1.82) is 0 Å². The molecule has 0 aromatic heterocycles. The molecule has 0 spiro atoms. The molecule has 2 unspecified atom stereocenters. The number of nitrogens with one attached hydrogen (secondary N) is 1. The van der Waals surface area contributed by atoms with E-state index in [0.717, 1.165) is 31.5 Å². The van der Waals surface area contributed by atoms with Crippen molar-refractivity contribution in [3.63, 3.8) is 0 Å². The Kier molecular flexibility index (Phi) is 7.74. The van der Waals surface area contributed by atoms with Crippen molar-refractivity contribution in [2.24, 2.45) is 0 Å². The van der Waals surface area contributed by atoms with Crippen LogP contribution in [0.5, 0.6) is 0 Å². The van der Waals surface area contributed by atoms with Crippen molar-refractivity contribution in [1.82, 2.24) is 15.1 Å². The molecule has 1 aromatic rings. The molecule has 1 amide bonds. The van der Waals surface area contributed by atoms with Gasteiger partial charge < -0.3 is 10.4 Å². The summed E-state index contributed by atoms with van der Waals surface area (Å²) in [6, 6.07) is 5.94. The molecule has 1 heterocycles. The Morgan fingerprint density at radius 2 is 1.85 bits per heavy atom. The Hall–Kier alpha value is -1.99. The maximum atomic E-state index is 13.0. The van der Waals surface area contributed by atoms with Crippen LogP contribution < -0.4 is 5.32 Å². The van der Waals surface area contributed by atoms with Crippen LogP contribution in [0.1, 0.15) is 45.2 Å². The molecule has 0 saturated carbocycles. The molecule has 150 valence electrons. The third-order valence-corrected chi connectivity index (χ3v) is 5.42. The fraction of sp³-hybridized carbons (Fsp3) is 0.600. The predicted octanol–water partition coefficient (Wildman–Crippen LogP) is 2.26. The van der Waals surface area contributed by atoms with Gasteiger partial charge in [0, 0.05) is 19.1 Å². The Bertz CT molecular complexity index is 630. The topological polar surface area (TPSA) is 72.9 Å². The van der Waals surface area contributed by atoms with E-state index in [1.54, 1.807) is 12.1 Å². The normalized spacial score (nSPS) is 18.3. The third-order valence-electron chi connectivity index (χ3n) is 5.42. The predicted molar refractivity (Wildman–Crippen MR) is 102 cm³/mol. The van der Waals surface area contributed by atoms with Gasteiger partial charge in [0.05, 0.1) is 18.6 Å². The average molecular weight is 379 g/mol. The first-order chi connectivity index (χ1) is 12.8. The molecule has 2 rings (SSSR count). The molecular weight excluding hydrogens is 349 g/mol. The number of piperidine rings is 1. The number of carbonyl (C=O) groups excluding carboxylic acids is 1. The lowest BCUT2D eigenvalue weighted by Gasteiger charge is -2.39. The van der Waals surface area contributed by atoms with Crippen molar-refractivity contribution in [3.8, 4) is 0 Å². The minimum Gasteiger partial charge on any atom is -0.480 e. The quantitative estimate of drug-likeness (QED) is 0.725. The molecule has 1 aliphatic rings. The van der Waals surface area contributed by atoms with Crippen LogP contribution in [0.15, 0.2) is 24.3 Å². The molecule has 1 aliphatic heterocycles. The number of rotatable bonds is 8. The van der Waals surface area contributed by atoms with Crippen LogP contribution in [0.3, 0.4) is 0 Å². The molecule has 2 atom stereocenters. The van der Waals surface area contributed by atoms with Gasteiger partial charge in [0.15, 0.2) is 0 Å². The summed E-state index contributed by atoms with van der Waals surface area (Å²) in [5, 5.41) is 12.0. The van der Waals surface area contributed by atoms with E-state index >= 15 is 0 Å². The van der Waals surface area contributed by atoms with Gasteiger partial charge in [-0.3, -0.25) is 19.4 Å². The summed E-state index contributed by atoms with van der Waals surface area (Å²) in [6.45, 7) is 8.05. The maximum absolute atomic E-state index is 13.0. The largest absolute Gasteiger partial charge is 0.480 e. The highest BCUT2D eigenvalue weighted by Crippen LogP contribution is 2.19. The molecule has 0 aliphatic carbocycles. The number of carboxylic acids is 1. The van der Waals surface area contributed by atoms with Crippen molar-refractivity contribution in [3.05, 3.63) is 35.6 Å². The van der Waals surface area contributed by atoms with E-state index in [1.807, 2.05) is 25.7 Å². The van der Waals surface area contributed by atoms with Gasteiger partial charge >= 0.3 is 5.97 Å². The van der Waals surface area contributed by atoms with Crippen molar-refractivity contribution >= 4 is 11.9 Å². The number of nitrogens with zero attached hydrogens (tertiary/aromatic N) is 2.